The summed E-state index contributed by atoms with van der Waals surface area (Å²) < 4.78 is 25.5. The van der Waals surface area contributed by atoms with Gasteiger partial charge in [-0.1, -0.05) is 12.1 Å². The Morgan fingerprint density at radius 2 is 1.96 bits per heavy atom. The number of hydrogen-bond donors (Lipinski definition) is 1. The Balaban J connectivity index is 1.95. The van der Waals surface area contributed by atoms with Crippen LogP contribution in [0.25, 0.3) is 0 Å². The van der Waals surface area contributed by atoms with Crippen LogP contribution >= 0.6 is 0 Å². The van der Waals surface area contributed by atoms with E-state index in [4.69, 9.17) is 0 Å². The number of nitrogens with one attached hydrogen (secondary N) is 1. The van der Waals surface area contributed by atoms with Crippen molar-refractivity contribution in [3.8, 4) is 0 Å². The fourth-order valence-electron chi connectivity index (χ4n) is 3.93. The first-order chi connectivity index (χ1) is 11.9. The molecule has 1 aliphatic carbocycles. The average molecular weight is 360 g/mol. The molecule has 0 bridgehead atoms. The Morgan fingerprint density at radius 1 is 1.16 bits per heavy atom. The van der Waals surface area contributed by atoms with Gasteiger partial charge in [0.25, 0.3) is 5.69 Å². The minimum absolute atomic E-state index is 0.0374. The summed E-state index contributed by atoms with van der Waals surface area (Å²) in [5.74, 6) is -0.798. The van der Waals surface area contributed by atoms with E-state index >= 15 is 0 Å². The topological polar surface area (TPSA) is 106 Å². The second-order valence-electron chi connectivity index (χ2n) is 6.49. The van der Waals surface area contributed by atoms with Gasteiger partial charge in [0.15, 0.2) is 15.6 Å². The van der Waals surface area contributed by atoms with Crippen LogP contribution in [0.2, 0.25) is 0 Å². The molecule has 2 aliphatic heterocycles. The normalized spacial score (nSPS) is 24.6. The van der Waals surface area contributed by atoms with Crippen molar-refractivity contribution in [1.82, 2.24) is 5.32 Å². The molecule has 0 saturated carbocycles. The number of sulfone groups is 1. The Bertz CT molecular complexity index is 975. The average Bonchev–Trinajstić information content (AvgIpc) is 2.94. The zero-order valence-electron chi connectivity index (χ0n) is 13.3. The molecule has 7 nitrogen and oxygen atoms in total. The number of allylic oxidation sites excluding steroid dienone is 4. The smallest absolute Gasteiger partial charge is 0.269 e. The summed E-state index contributed by atoms with van der Waals surface area (Å²) in [6, 6.07) is 5.93. The number of dihydropyridines is 1. The first kappa shape index (κ1) is 16.0. The number of nitro benzene ring substituents is 1. The highest BCUT2D eigenvalue weighted by Crippen LogP contribution is 2.47. The molecule has 0 aromatic heterocycles. The third-order valence-electron chi connectivity index (χ3n) is 4.97. The molecule has 130 valence electrons. The number of benzene rings is 1. The molecule has 1 aromatic rings. The number of non-ortho nitro benzene ring substituents is 1. The van der Waals surface area contributed by atoms with Crippen LogP contribution in [0.5, 0.6) is 0 Å². The van der Waals surface area contributed by atoms with E-state index in [-0.39, 0.29) is 22.1 Å². The molecule has 1 unspecified atom stereocenters. The first-order valence-corrected chi connectivity index (χ1v) is 9.77. The molecule has 4 rings (SSSR count). The van der Waals surface area contributed by atoms with Gasteiger partial charge in [0.1, 0.15) is 0 Å². The standard InChI is InChI=1S/C17H16N2O5S/c20-14-7-6-12-16(14)15(10-3-1-4-11(9-10)19(21)22)17-13(18-12)5-2-8-25(17,23)24/h1,3-4,9,15,18H,2,5-8H2. The lowest BCUT2D eigenvalue weighted by Gasteiger charge is -2.33. The first-order valence-electron chi connectivity index (χ1n) is 8.12. The van der Waals surface area contributed by atoms with Gasteiger partial charge in [-0.05, 0) is 24.8 Å². The SMILES string of the molecule is O=C1CCC2=C1C(c1cccc([N+](=O)[O-])c1)C1=C(CCCS1(=O)=O)N2. The lowest BCUT2D eigenvalue weighted by Crippen LogP contribution is -2.33. The van der Waals surface area contributed by atoms with Crippen molar-refractivity contribution < 1.29 is 18.1 Å². The summed E-state index contributed by atoms with van der Waals surface area (Å²) in [6.07, 6.45) is 2.03. The molecule has 8 heteroatoms. The van der Waals surface area contributed by atoms with Crippen LogP contribution in [0.4, 0.5) is 5.69 Å². The van der Waals surface area contributed by atoms with Gasteiger partial charge < -0.3 is 5.32 Å². The van der Waals surface area contributed by atoms with E-state index in [9.17, 15) is 23.3 Å². The van der Waals surface area contributed by atoms with Crippen LogP contribution in [0.15, 0.2) is 46.1 Å². The summed E-state index contributed by atoms with van der Waals surface area (Å²) >= 11 is 0. The number of carbonyl (C=O) groups is 1. The molecule has 0 amide bonds. The van der Waals surface area contributed by atoms with Gasteiger partial charge >= 0.3 is 0 Å². The third-order valence-corrected chi connectivity index (χ3v) is 6.95. The molecule has 3 aliphatic rings. The van der Waals surface area contributed by atoms with Gasteiger partial charge in [-0.15, -0.1) is 0 Å². The number of hydrogen-bond acceptors (Lipinski definition) is 6. The molecule has 0 saturated heterocycles. The number of rotatable bonds is 2. The molecule has 2 heterocycles. The Kier molecular flexibility index (Phi) is 3.54. The number of nitro groups is 1. The van der Waals surface area contributed by atoms with Gasteiger partial charge in [0, 0.05) is 35.5 Å². The summed E-state index contributed by atoms with van der Waals surface area (Å²) in [5.41, 5.74) is 2.22. The summed E-state index contributed by atoms with van der Waals surface area (Å²) in [5, 5.41) is 14.3. The molecule has 1 N–H and O–H groups in total. The predicted molar refractivity (Wildman–Crippen MR) is 90.3 cm³/mol. The molecule has 0 radical (unpaired) electrons. The number of Topliss-reactive ketones (excluding diaryl/α,β-unsaturated/α-hetero) is 1. The molecule has 0 spiro atoms. The molecule has 25 heavy (non-hydrogen) atoms. The van der Waals surface area contributed by atoms with E-state index in [0.717, 1.165) is 5.70 Å². The van der Waals surface area contributed by atoms with Crippen molar-refractivity contribution in [1.29, 1.82) is 0 Å². The molecule has 0 fully saturated rings. The van der Waals surface area contributed by atoms with Gasteiger partial charge in [0.2, 0.25) is 0 Å². The van der Waals surface area contributed by atoms with Crippen LogP contribution in [-0.4, -0.2) is 24.9 Å². The van der Waals surface area contributed by atoms with Gasteiger partial charge in [0.05, 0.1) is 21.5 Å². The number of carbonyl (C=O) groups excluding carboxylic acids is 1. The highest BCUT2D eigenvalue weighted by atomic mass is 32.2. The second-order valence-corrected chi connectivity index (χ2v) is 8.57. The lowest BCUT2D eigenvalue weighted by molar-refractivity contribution is -0.384. The fraction of sp³-hybridized carbons (Fsp3) is 0.353. The van der Waals surface area contributed by atoms with Crippen LogP contribution < -0.4 is 5.32 Å². The second kappa shape index (κ2) is 5.52. The van der Waals surface area contributed by atoms with Crippen molar-refractivity contribution in [3.05, 3.63) is 61.8 Å². The minimum Gasteiger partial charge on any atom is -0.361 e. The lowest BCUT2D eigenvalue weighted by atomic mass is 9.85. The highest BCUT2D eigenvalue weighted by molar-refractivity contribution is 7.95. The van der Waals surface area contributed by atoms with Gasteiger partial charge in [-0.3, -0.25) is 14.9 Å². The largest absolute Gasteiger partial charge is 0.361 e. The summed E-state index contributed by atoms with van der Waals surface area (Å²) in [6.45, 7) is 0. The van der Waals surface area contributed by atoms with E-state index < -0.39 is 20.7 Å². The quantitative estimate of drug-likeness (QED) is 0.641. The van der Waals surface area contributed by atoms with Crippen molar-refractivity contribution in [2.75, 3.05) is 5.75 Å². The monoisotopic (exact) mass is 360 g/mol. The molecule has 1 aromatic carbocycles. The van der Waals surface area contributed by atoms with Crippen molar-refractivity contribution in [2.24, 2.45) is 0 Å². The van der Waals surface area contributed by atoms with Gasteiger partial charge in [-0.2, -0.15) is 0 Å². The van der Waals surface area contributed by atoms with E-state index in [1.807, 2.05) is 0 Å². The minimum atomic E-state index is -3.52. The maximum absolute atomic E-state index is 12.7. The summed E-state index contributed by atoms with van der Waals surface area (Å²) in [7, 11) is -3.52. The Hall–Kier alpha value is -2.48. The predicted octanol–water partition coefficient (Wildman–Crippen LogP) is 2.32. The summed E-state index contributed by atoms with van der Waals surface area (Å²) in [4.78, 5) is 23.3. The Labute approximate surface area is 144 Å². The van der Waals surface area contributed by atoms with Crippen LogP contribution in [0, 0.1) is 10.1 Å². The van der Waals surface area contributed by atoms with E-state index in [0.29, 0.717) is 42.5 Å². The van der Waals surface area contributed by atoms with Crippen LogP contribution in [0.1, 0.15) is 37.2 Å². The molecule has 1 atom stereocenters. The molecular weight excluding hydrogens is 344 g/mol. The van der Waals surface area contributed by atoms with Crippen LogP contribution in [0.3, 0.4) is 0 Å². The number of ketones is 1. The van der Waals surface area contributed by atoms with E-state index in [2.05, 4.69) is 5.32 Å². The van der Waals surface area contributed by atoms with Crippen LogP contribution in [-0.2, 0) is 14.6 Å². The van der Waals surface area contributed by atoms with Crippen molar-refractivity contribution in [2.45, 2.75) is 31.6 Å². The fourth-order valence-corrected chi connectivity index (χ4v) is 5.81. The maximum atomic E-state index is 12.7. The van der Waals surface area contributed by atoms with Gasteiger partial charge in [-0.25, -0.2) is 8.42 Å². The zero-order valence-corrected chi connectivity index (χ0v) is 14.1. The maximum Gasteiger partial charge on any atom is 0.269 e. The van der Waals surface area contributed by atoms with Crippen molar-refractivity contribution >= 4 is 21.3 Å². The Morgan fingerprint density at radius 3 is 2.72 bits per heavy atom. The van der Waals surface area contributed by atoms with E-state index in [1.165, 1.54) is 18.2 Å². The van der Waals surface area contributed by atoms with Crippen molar-refractivity contribution in [3.63, 3.8) is 0 Å². The van der Waals surface area contributed by atoms with E-state index in [1.54, 1.807) is 6.07 Å². The molecular formula is C17H16N2O5S. The zero-order chi connectivity index (χ0) is 17.8. The highest BCUT2D eigenvalue weighted by Gasteiger charge is 2.44. The number of nitrogens with zero attached hydrogens (tertiary/aromatic N) is 1. The third kappa shape index (κ3) is 2.48.